The van der Waals surface area contributed by atoms with Crippen LogP contribution in [0.3, 0.4) is 0 Å². The molecule has 0 aliphatic carbocycles. The second kappa shape index (κ2) is 6.65. The molecule has 2 aromatic carbocycles. The van der Waals surface area contributed by atoms with E-state index in [1.165, 1.54) is 23.5 Å². The highest BCUT2D eigenvalue weighted by molar-refractivity contribution is 7.90. The number of hydrogen-bond acceptors (Lipinski definition) is 4. The molecule has 0 spiro atoms. The lowest BCUT2D eigenvalue weighted by Crippen LogP contribution is -2.16. The first kappa shape index (κ1) is 17.7. The number of fused-ring (bicyclic) bond motifs is 1. The Kier molecular flexibility index (Phi) is 4.71. The van der Waals surface area contributed by atoms with E-state index in [1.54, 1.807) is 19.2 Å². The Hall–Kier alpha value is -2.12. The maximum atomic E-state index is 12.7. The molecule has 0 saturated heterocycles. The summed E-state index contributed by atoms with van der Waals surface area (Å²) in [6.07, 6.45) is 0. The minimum atomic E-state index is -3.78. The van der Waals surface area contributed by atoms with Crippen molar-refractivity contribution in [3.05, 3.63) is 52.3 Å². The second-order valence-electron chi connectivity index (χ2n) is 5.80. The van der Waals surface area contributed by atoms with Crippen LogP contribution in [0.4, 0.5) is 0 Å². The highest BCUT2D eigenvalue weighted by Gasteiger charge is 2.15. The number of hydrogen-bond donors (Lipinski definition) is 0. The van der Waals surface area contributed by atoms with E-state index in [0.29, 0.717) is 17.1 Å². The molecule has 0 N–H and O–H groups in total. The van der Waals surface area contributed by atoms with Crippen molar-refractivity contribution in [1.82, 2.24) is 4.57 Å². The molecule has 5 nitrogen and oxygen atoms in total. The minimum absolute atomic E-state index is 0.154. The van der Waals surface area contributed by atoms with Crippen molar-refractivity contribution in [2.45, 2.75) is 32.2 Å². The van der Waals surface area contributed by atoms with Crippen LogP contribution in [0.1, 0.15) is 18.1 Å². The molecule has 1 aromatic heterocycles. The number of nitrogens with zero attached hydrogens (tertiary/aromatic N) is 2. The lowest BCUT2D eigenvalue weighted by molar-refractivity contribution is 0.414. The van der Waals surface area contributed by atoms with Gasteiger partial charge in [0.05, 0.1) is 22.2 Å². The molecule has 0 fully saturated rings. The van der Waals surface area contributed by atoms with Gasteiger partial charge in [0.25, 0.3) is 10.0 Å². The van der Waals surface area contributed by atoms with Crippen molar-refractivity contribution < 1.29 is 13.2 Å². The fourth-order valence-electron chi connectivity index (χ4n) is 2.79. The molecule has 0 unspecified atom stereocenters. The Bertz CT molecular complexity index is 1090. The molecule has 0 aliphatic rings. The van der Waals surface area contributed by atoms with E-state index in [2.05, 4.69) is 16.5 Å². The lowest BCUT2D eigenvalue weighted by atomic mass is 10.1. The van der Waals surface area contributed by atoms with Crippen LogP contribution in [-0.2, 0) is 16.6 Å². The number of sulfonamides is 1. The number of thiazole rings is 1. The van der Waals surface area contributed by atoms with Gasteiger partial charge in [-0.3, -0.25) is 0 Å². The molecule has 1 heterocycles. The van der Waals surface area contributed by atoms with Crippen molar-refractivity contribution in [1.29, 1.82) is 0 Å². The van der Waals surface area contributed by atoms with Crippen molar-refractivity contribution in [3.63, 3.8) is 0 Å². The molecule has 3 rings (SSSR count). The maximum absolute atomic E-state index is 12.7. The Balaban J connectivity index is 2.21. The molecule has 0 amide bonds. The van der Waals surface area contributed by atoms with Gasteiger partial charge in [-0.15, -0.1) is 4.40 Å². The van der Waals surface area contributed by atoms with Crippen molar-refractivity contribution in [2.24, 2.45) is 4.40 Å². The van der Waals surface area contributed by atoms with Crippen molar-refractivity contribution in [3.8, 4) is 5.75 Å². The molecule has 25 heavy (non-hydrogen) atoms. The van der Waals surface area contributed by atoms with Crippen LogP contribution in [0.15, 0.2) is 45.7 Å². The molecular weight excluding hydrogens is 356 g/mol. The first-order valence-electron chi connectivity index (χ1n) is 7.91. The van der Waals surface area contributed by atoms with Crippen LogP contribution in [0.5, 0.6) is 5.75 Å². The van der Waals surface area contributed by atoms with Gasteiger partial charge in [0.15, 0.2) is 0 Å². The van der Waals surface area contributed by atoms with E-state index in [4.69, 9.17) is 4.74 Å². The molecule has 3 aromatic rings. The third-order valence-corrected chi connectivity index (χ3v) is 6.61. The van der Waals surface area contributed by atoms with Crippen molar-refractivity contribution >= 4 is 31.6 Å². The zero-order valence-electron chi connectivity index (χ0n) is 14.6. The van der Waals surface area contributed by atoms with Gasteiger partial charge in [-0.2, -0.15) is 8.42 Å². The van der Waals surface area contributed by atoms with Gasteiger partial charge in [0.1, 0.15) is 5.75 Å². The number of ether oxygens (including phenoxy) is 1. The fraction of sp³-hybridized carbons (Fsp3) is 0.278. The second-order valence-corrected chi connectivity index (χ2v) is 8.38. The van der Waals surface area contributed by atoms with Gasteiger partial charge in [-0.05, 0) is 62.2 Å². The summed E-state index contributed by atoms with van der Waals surface area (Å²) < 4.78 is 37.6. The summed E-state index contributed by atoms with van der Waals surface area (Å²) in [5.41, 5.74) is 3.30. The normalized spacial score (nSPS) is 12.7. The maximum Gasteiger partial charge on any atom is 0.285 e. The third kappa shape index (κ3) is 3.34. The summed E-state index contributed by atoms with van der Waals surface area (Å²) in [4.78, 5) is 0.642. The number of benzene rings is 2. The monoisotopic (exact) mass is 376 g/mol. The van der Waals surface area contributed by atoms with Gasteiger partial charge in [0.2, 0.25) is 4.80 Å². The summed E-state index contributed by atoms with van der Waals surface area (Å²) in [5.74, 6) is 0.607. The molecule has 132 valence electrons. The topological polar surface area (TPSA) is 60.7 Å². The van der Waals surface area contributed by atoms with Gasteiger partial charge in [-0.25, -0.2) is 0 Å². The summed E-state index contributed by atoms with van der Waals surface area (Å²) in [7, 11) is -2.24. The Morgan fingerprint density at radius 1 is 1.16 bits per heavy atom. The van der Waals surface area contributed by atoms with E-state index in [-0.39, 0.29) is 4.90 Å². The quantitative estimate of drug-likeness (QED) is 0.698. The van der Waals surface area contributed by atoms with Crippen LogP contribution in [-0.4, -0.2) is 20.1 Å². The van der Waals surface area contributed by atoms with E-state index < -0.39 is 10.0 Å². The zero-order chi connectivity index (χ0) is 18.2. The molecule has 0 bridgehead atoms. The number of rotatable bonds is 4. The fourth-order valence-corrected chi connectivity index (χ4v) is 5.14. The van der Waals surface area contributed by atoms with Gasteiger partial charge < -0.3 is 9.30 Å². The molecule has 0 aliphatic heterocycles. The first-order chi connectivity index (χ1) is 11.9. The molecule has 7 heteroatoms. The average molecular weight is 377 g/mol. The minimum Gasteiger partial charge on any atom is -0.497 e. The average Bonchev–Trinajstić information content (AvgIpc) is 2.91. The summed E-state index contributed by atoms with van der Waals surface area (Å²) >= 11 is 1.41. The first-order valence-corrected chi connectivity index (χ1v) is 10.2. The van der Waals surface area contributed by atoms with Crippen LogP contribution in [0.25, 0.3) is 10.2 Å². The predicted molar refractivity (Wildman–Crippen MR) is 101 cm³/mol. The van der Waals surface area contributed by atoms with Gasteiger partial charge >= 0.3 is 0 Å². The van der Waals surface area contributed by atoms with Crippen LogP contribution < -0.4 is 9.54 Å². The smallest absolute Gasteiger partial charge is 0.285 e. The highest BCUT2D eigenvalue weighted by Crippen LogP contribution is 2.24. The van der Waals surface area contributed by atoms with Crippen LogP contribution in [0, 0.1) is 13.8 Å². The Morgan fingerprint density at radius 3 is 2.44 bits per heavy atom. The largest absolute Gasteiger partial charge is 0.497 e. The SMILES string of the molecule is CCn1/c(=N/S(=O)(=O)c2ccc(OC)cc2)sc2c(C)cc(C)cc21. The summed E-state index contributed by atoms with van der Waals surface area (Å²) in [6.45, 7) is 6.71. The highest BCUT2D eigenvalue weighted by atomic mass is 32.2. The number of aryl methyl sites for hydroxylation is 3. The Labute approximate surface area is 151 Å². The Morgan fingerprint density at radius 2 is 1.84 bits per heavy atom. The molecular formula is C18H20N2O3S2. The summed E-state index contributed by atoms with van der Waals surface area (Å²) in [6, 6.07) is 10.4. The van der Waals surface area contributed by atoms with E-state index in [9.17, 15) is 8.42 Å². The van der Waals surface area contributed by atoms with E-state index >= 15 is 0 Å². The molecule has 0 saturated carbocycles. The van der Waals surface area contributed by atoms with Gasteiger partial charge in [0, 0.05) is 6.54 Å². The third-order valence-electron chi connectivity index (χ3n) is 3.99. The lowest BCUT2D eigenvalue weighted by Gasteiger charge is -2.04. The zero-order valence-corrected chi connectivity index (χ0v) is 16.2. The summed E-state index contributed by atoms with van der Waals surface area (Å²) in [5, 5.41) is 0. The number of methoxy groups -OCH3 is 1. The standard InChI is InChI=1S/C18H20N2O3S2/c1-5-20-16-11-12(2)10-13(3)17(16)24-18(20)19-25(21,22)15-8-6-14(23-4)7-9-15/h6-11H,5H2,1-4H3/b19-18-. The van der Waals surface area contributed by atoms with Crippen LogP contribution in [0.2, 0.25) is 0 Å². The van der Waals surface area contributed by atoms with Crippen molar-refractivity contribution in [2.75, 3.05) is 7.11 Å². The van der Waals surface area contributed by atoms with E-state index in [0.717, 1.165) is 21.3 Å². The number of aromatic nitrogens is 1. The molecule has 0 radical (unpaired) electrons. The predicted octanol–water partition coefficient (Wildman–Crippen LogP) is 3.64. The van der Waals surface area contributed by atoms with Crippen LogP contribution >= 0.6 is 11.3 Å². The molecule has 0 atom stereocenters. The van der Waals surface area contributed by atoms with E-state index in [1.807, 2.05) is 25.3 Å². The van der Waals surface area contributed by atoms with Gasteiger partial charge in [-0.1, -0.05) is 17.4 Å².